The second kappa shape index (κ2) is 6.71. The summed E-state index contributed by atoms with van der Waals surface area (Å²) in [7, 11) is 0. The lowest BCUT2D eigenvalue weighted by Crippen LogP contribution is -2.37. The molecule has 0 saturated carbocycles. The molecule has 3 heterocycles. The standard InChI is InChI=1S/C16H25FN4/c1-2-18-10-13-9-14(17)11-19-16(13)21-8-4-7-20-6-3-5-15(20)12-21/h9,11,15,18H,2-8,10,12H2,1H3. The number of halogens is 1. The molecular formula is C16H25FN4. The van der Waals surface area contributed by atoms with Crippen LogP contribution in [-0.2, 0) is 6.54 Å². The Bertz CT molecular complexity index is 479. The van der Waals surface area contributed by atoms with Gasteiger partial charge in [0, 0.05) is 37.8 Å². The summed E-state index contributed by atoms with van der Waals surface area (Å²) in [6, 6.07) is 2.27. The first-order chi connectivity index (χ1) is 10.3. The van der Waals surface area contributed by atoms with E-state index in [0.717, 1.165) is 37.4 Å². The Morgan fingerprint density at radius 1 is 1.33 bits per heavy atom. The summed E-state index contributed by atoms with van der Waals surface area (Å²) in [6.07, 6.45) is 5.10. The number of pyridine rings is 1. The van der Waals surface area contributed by atoms with Gasteiger partial charge in [-0.3, -0.25) is 4.90 Å². The molecule has 2 aliphatic heterocycles. The lowest BCUT2D eigenvalue weighted by molar-refractivity contribution is 0.273. The van der Waals surface area contributed by atoms with E-state index in [9.17, 15) is 4.39 Å². The highest BCUT2D eigenvalue weighted by Gasteiger charge is 2.29. The fourth-order valence-electron chi connectivity index (χ4n) is 3.55. The lowest BCUT2D eigenvalue weighted by Gasteiger charge is -2.28. The minimum absolute atomic E-state index is 0.246. The van der Waals surface area contributed by atoms with E-state index < -0.39 is 0 Å². The van der Waals surface area contributed by atoms with Crippen LogP contribution in [0, 0.1) is 5.82 Å². The third-order valence-corrected chi connectivity index (χ3v) is 4.58. The molecule has 1 aromatic rings. The smallest absolute Gasteiger partial charge is 0.141 e. The van der Waals surface area contributed by atoms with Gasteiger partial charge in [-0.05, 0) is 38.4 Å². The van der Waals surface area contributed by atoms with Gasteiger partial charge in [0.1, 0.15) is 11.6 Å². The zero-order valence-corrected chi connectivity index (χ0v) is 12.8. The lowest BCUT2D eigenvalue weighted by atomic mass is 10.2. The van der Waals surface area contributed by atoms with Crippen LogP contribution in [0.15, 0.2) is 12.3 Å². The molecular weight excluding hydrogens is 267 g/mol. The van der Waals surface area contributed by atoms with Crippen LogP contribution in [-0.4, -0.2) is 48.6 Å². The van der Waals surface area contributed by atoms with E-state index in [0.29, 0.717) is 12.6 Å². The van der Waals surface area contributed by atoms with Gasteiger partial charge in [-0.25, -0.2) is 9.37 Å². The third-order valence-electron chi connectivity index (χ3n) is 4.58. The molecule has 3 rings (SSSR count). The number of aromatic nitrogens is 1. The first kappa shape index (κ1) is 14.7. The number of fused-ring (bicyclic) bond motifs is 1. The van der Waals surface area contributed by atoms with Gasteiger partial charge in [-0.15, -0.1) is 0 Å². The van der Waals surface area contributed by atoms with E-state index in [1.54, 1.807) is 6.07 Å². The van der Waals surface area contributed by atoms with Crippen molar-refractivity contribution < 1.29 is 4.39 Å². The van der Waals surface area contributed by atoms with E-state index in [1.165, 1.54) is 32.1 Å². The van der Waals surface area contributed by atoms with Gasteiger partial charge in [0.15, 0.2) is 0 Å². The Labute approximate surface area is 126 Å². The molecule has 1 aromatic heterocycles. The van der Waals surface area contributed by atoms with Crippen LogP contribution in [0.3, 0.4) is 0 Å². The zero-order chi connectivity index (χ0) is 14.7. The molecule has 2 saturated heterocycles. The van der Waals surface area contributed by atoms with Crippen molar-refractivity contribution in [2.24, 2.45) is 0 Å². The maximum atomic E-state index is 13.5. The molecule has 2 aliphatic rings. The van der Waals surface area contributed by atoms with Gasteiger partial charge in [0.05, 0.1) is 6.20 Å². The van der Waals surface area contributed by atoms with E-state index in [1.807, 2.05) is 0 Å². The Balaban J connectivity index is 1.81. The third kappa shape index (κ3) is 3.35. The molecule has 0 amide bonds. The van der Waals surface area contributed by atoms with Crippen molar-refractivity contribution in [3.05, 3.63) is 23.6 Å². The van der Waals surface area contributed by atoms with Crippen molar-refractivity contribution in [3.63, 3.8) is 0 Å². The van der Waals surface area contributed by atoms with Crippen LogP contribution in [0.25, 0.3) is 0 Å². The molecule has 1 atom stereocenters. The van der Waals surface area contributed by atoms with Crippen molar-refractivity contribution in [1.82, 2.24) is 15.2 Å². The average molecular weight is 292 g/mol. The predicted octanol–water partition coefficient (Wildman–Crippen LogP) is 2.00. The molecule has 0 aromatic carbocycles. The van der Waals surface area contributed by atoms with Crippen molar-refractivity contribution in [1.29, 1.82) is 0 Å². The summed E-state index contributed by atoms with van der Waals surface area (Å²) in [5.74, 6) is 0.718. The van der Waals surface area contributed by atoms with E-state index >= 15 is 0 Å². The predicted molar refractivity (Wildman–Crippen MR) is 83.0 cm³/mol. The average Bonchev–Trinajstić information content (AvgIpc) is 2.82. The van der Waals surface area contributed by atoms with Crippen LogP contribution in [0.4, 0.5) is 10.2 Å². The van der Waals surface area contributed by atoms with Crippen molar-refractivity contribution in [2.45, 2.75) is 38.8 Å². The topological polar surface area (TPSA) is 31.4 Å². The van der Waals surface area contributed by atoms with E-state index in [-0.39, 0.29) is 5.82 Å². The van der Waals surface area contributed by atoms with Crippen LogP contribution < -0.4 is 10.2 Å². The van der Waals surface area contributed by atoms with Gasteiger partial charge in [0.2, 0.25) is 0 Å². The summed E-state index contributed by atoms with van der Waals surface area (Å²) in [4.78, 5) is 9.37. The Hall–Kier alpha value is -1.20. The Kier molecular flexibility index (Phi) is 4.70. The molecule has 1 N–H and O–H groups in total. The highest BCUT2D eigenvalue weighted by molar-refractivity contribution is 5.47. The quantitative estimate of drug-likeness (QED) is 0.920. The molecule has 5 heteroatoms. The minimum Gasteiger partial charge on any atom is -0.355 e. The highest BCUT2D eigenvalue weighted by Crippen LogP contribution is 2.26. The number of rotatable bonds is 4. The van der Waals surface area contributed by atoms with Gasteiger partial charge in [-0.2, -0.15) is 0 Å². The second-order valence-electron chi connectivity index (χ2n) is 6.05. The molecule has 2 fully saturated rings. The number of nitrogens with zero attached hydrogens (tertiary/aromatic N) is 3. The van der Waals surface area contributed by atoms with E-state index in [4.69, 9.17) is 0 Å². The second-order valence-corrected chi connectivity index (χ2v) is 6.05. The maximum absolute atomic E-state index is 13.5. The molecule has 116 valence electrons. The molecule has 0 spiro atoms. The number of nitrogens with one attached hydrogen (secondary N) is 1. The molecule has 4 nitrogen and oxygen atoms in total. The highest BCUT2D eigenvalue weighted by atomic mass is 19.1. The van der Waals surface area contributed by atoms with Gasteiger partial charge in [0.25, 0.3) is 0 Å². The fraction of sp³-hybridized carbons (Fsp3) is 0.688. The summed E-state index contributed by atoms with van der Waals surface area (Å²) in [5, 5.41) is 3.29. The first-order valence-corrected chi connectivity index (χ1v) is 8.12. The number of anilines is 1. The maximum Gasteiger partial charge on any atom is 0.141 e. The zero-order valence-electron chi connectivity index (χ0n) is 12.8. The molecule has 0 radical (unpaired) electrons. The van der Waals surface area contributed by atoms with Crippen molar-refractivity contribution in [3.8, 4) is 0 Å². The summed E-state index contributed by atoms with van der Waals surface area (Å²) < 4.78 is 13.5. The molecule has 1 unspecified atom stereocenters. The summed E-state index contributed by atoms with van der Waals surface area (Å²) in [6.45, 7) is 8.09. The molecule has 21 heavy (non-hydrogen) atoms. The number of hydrogen-bond donors (Lipinski definition) is 1. The van der Waals surface area contributed by atoms with Gasteiger partial charge in [-0.1, -0.05) is 6.92 Å². The van der Waals surface area contributed by atoms with Crippen LogP contribution in [0.1, 0.15) is 31.7 Å². The summed E-state index contributed by atoms with van der Waals surface area (Å²) in [5.41, 5.74) is 0.975. The largest absolute Gasteiger partial charge is 0.355 e. The first-order valence-electron chi connectivity index (χ1n) is 8.12. The van der Waals surface area contributed by atoms with Crippen LogP contribution >= 0.6 is 0 Å². The normalized spacial score (nSPS) is 23.1. The van der Waals surface area contributed by atoms with Crippen LogP contribution in [0.2, 0.25) is 0 Å². The van der Waals surface area contributed by atoms with Gasteiger partial charge >= 0.3 is 0 Å². The summed E-state index contributed by atoms with van der Waals surface area (Å²) >= 11 is 0. The fourth-order valence-corrected chi connectivity index (χ4v) is 3.55. The molecule has 0 aliphatic carbocycles. The van der Waals surface area contributed by atoms with Crippen molar-refractivity contribution >= 4 is 5.82 Å². The monoisotopic (exact) mass is 292 g/mol. The van der Waals surface area contributed by atoms with Gasteiger partial charge < -0.3 is 10.2 Å². The Morgan fingerprint density at radius 2 is 2.19 bits per heavy atom. The SMILES string of the molecule is CCNCc1cc(F)cnc1N1CCCN2CCCC2C1. The minimum atomic E-state index is -0.246. The Morgan fingerprint density at radius 3 is 3.05 bits per heavy atom. The molecule has 0 bridgehead atoms. The van der Waals surface area contributed by atoms with Crippen LogP contribution in [0.5, 0.6) is 0 Å². The van der Waals surface area contributed by atoms with E-state index in [2.05, 4.69) is 27.0 Å². The van der Waals surface area contributed by atoms with Crippen molar-refractivity contribution in [2.75, 3.05) is 37.6 Å². The number of hydrogen-bond acceptors (Lipinski definition) is 4.